The van der Waals surface area contributed by atoms with Crippen molar-refractivity contribution in [2.45, 2.75) is 202 Å². The minimum Gasteiger partial charge on any atom is -0.465 e. The number of nitrogens with zero attached hydrogens (tertiary/aromatic N) is 1. The van der Waals surface area contributed by atoms with Crippen LogP contribution in [0.5, 0.6) is 0 Å². The molecule has 0 aromatic heterocycles. The third kappa shape index (κ3) is 35.8. The van der Waals surface area contributed by atoms with Gasteiger partial charge in [-0.3, -0.25) is 9.59 Å². The highest BCUT2D eigenvalue weighted by Crippen LogP contribution is 2.21. The van der Waals surface area contributed by atoms with E-state index < -0.39 is 12.1 Å². The summed E-state index contributed by atoms with van der Waals surface area (Å²) in [4.78, 5) is 40.6. The second-order valence-corrected chi connectivity index (χ2v) is 15.4. The van der Waals surface area contributed by atoms with Gasteiger partial charge in [0.2, 0.25) is 0 Å². The molecule has 0 aromatic carbocycles. The summed E-state index contributed by atoms with van der Waals surface area (Å²) in [6.45, 7) is 13.4. The van der Waals surface area contributed by atoms with Crippen LogP contribution in [0.4, 0.5) is 4.79 Å². The monoisotopic (exact) mass is 778 g/mol. The van der Waals surface area contributed by atoms with Gasteiger partial charge in [-0.25, -0.2) is 4.79 Å². The maximum Gasteiger partial charge on any atom is 0.508 e. The number of carbonyl (C=O) groups excluding carboxylic acids is 3. The molecule has 0 aliphatic rings. The van der Waals surface area contributed by atoms with Gasteiger partial charge in [0.15, 0.2) is 0 Å². The molecular formula is C47H87NO7. The molecule has 8 nitrogen and oxygen atoms in total. The van der Waals surface area contributed by atoms with E-state index in [-0.39, 0.29) is 44.3 Å². The zero-order chi connectivity index (χ0) is 40.5. The lowest BCUT2D eigenvalue weighted by atomic mass is 9.94. The summed E-state index contributed by atoms with van der Waals surface area (Å²) in [5, 5.41) is 0. The summed E-state index contributed by atoms with van der Waals surface area (Å²) in [7, 11) is 0. The van der Waals surface area contributed by atoms with Crippen LogP contribution in [-0.4, -0.2) is 69.1 Å². The SMILES string of the molecule is CCCCC/C=C\C/C=C\CCCCCCCC(=O)OCC(COC(=O)OCCN(CC)CC)COC(=O)C(CCCCCCC)CCCCCCCCC. The Hall–Kier alpha value is -2.35. The highest BCUT2D eigenvalue weighted by Gasteiger charge is 2.23. The lowest BCUT2D eigenvalue weighted by Gasteiger charge is -2.21. The van der Waals surface area contributed by atoms with Gasteiger partial charge in [0.1, 0.15) is 26.4 Å². The van der Waals surface area contributed by atoms with Crippen LogP contribution >= 0.6 is 0 Å². The van der Waals surface area contributed by atoms with Crippen LogP contribution < -0.4 is 0 Å². The summed E-state index contributed by atoms with van der Waals surface area (Å²) < 4.78 is 22.2. The largest absolute Gasteiger partial charge is 0.508 e. The van der Waals surface area contributed by atoms with Gasteiger partial charge in [-0.15, -0.1) is 0 Å². The first-order chi connectivity index (χ1) is 26.9. The third-order valence-electron chi connectivity index (χ3n) is 10.4. The molecule has 0 rings (SSSR count). The Morgan fingerprint density at radius 3 is 1.56 bits per heavy atom. The fourth-order valence-corrected chi connectivity index (χ4v) is 6.57. The first kappa shape index (κ1) is 52.6. The van der Waals surface area contributed by atoms with Crippen molar-refractivity contribution in [3.8, 4) is 0 Å². The number of esters is 2. The smallest absolute Gasteiger partial charge is 0.465 e. The lowest BCUT2D eigenvalue weighted by Crippen LogP contribution is -2.30. The van der Waals surface area contributed by atoms with E-state index in [1.807, 2.05) is 0 Å². The molecule has 322 valence electrons. The Labute approximate surface area is 339 Å². The van der Waals surface area contributed by atoms with Crippen molar-refractivity contribution >= 4 is 18.1 Å². The number of hydrogen-bond acceptors (Lipinski definition) is 8. The van der Waals surface area contributed by atoms with E-state index in [9.17, 15) is 14.4 Å². The average molecular weight is 778 g/mol. The van der Waals surface area contributed by atoms with Crippen molar-refractivity contribution in [2.24, 2.45) is 11.8 Å². The molecule has 0 aromatic rings. The first-order valence-electron chi connectivity index (χ1n) is 23.1. The van der Waals surface area contributed by atoms with Crippen LogP contribution in [-0.2, 0) is 28.5 Å². The number of unbranched alkanes of at least 4 members (excludes halogenated alkanes) is 18. The van der Waals surface area contributed by atoms with Crippen LogP contribution in [0.25, 0.3) is 0 Å². The molecule has 55 heavy (non-hydrogen) atoms. The third-order valence-corrected chi connectivity index (χ3v) is 10.4. The Kier molecular flexibility index (Phi) is 39.5. The lowest BCUT2D eigenvalue weighted by molar-refractivity contribution is -0.153. The van der Waals surface area contributed by atoms with Crippen LogP contribution in [0.3, 0.4) is 0 Å². The summed E-state index contributed by atoms with van der Waals surface area (Å²) in [6.07, 6.45) is 36.9. The van der Waals surface area contributed by atoms with Gasteiger partial charge in [0.05, 0.1) is 11.8 Å². The fourth-order valence-electron chi connectivity index (χ4n) is 6.57. The highest BCUT2D eigenvalue weighted by atomic mass is 16.7. The molecule has 0 saturated heterocycles. The number of carbonyl (C=O) groups is 3. The predicted molar refractivity (Wildman–Crippen MR) is 229 cm³/mol. The van der Waals surface area contributed by atoms with Gasteiger partial charge in [0.25, 0.3) is 0 Å². The minimum atomic E-state index is -0.760. The highest BCUT2D eigenvalue weighted by molar-refractivity contribution is 5.72. The molecule has 8 heteroatoms. The molecule has 0 spiro atoms. The minimum absolute atomic E-state index is 0.0263. The molecule has 2 unspecified atom stereocenters. The number of allylic oxidation sites excluding steroid dienone is 4. The van der Waals surface area contributed by atoms with Crippen molar-refractivity contribution in [2.75, 3.05) is 46.1 Å². The van der Waals surface area contributed by atoms with Crippen molar-refractivity contribution in [1.29, 1.82) is 0 Å². The number of likely N-dealkylation sites (N-methyl/N-ethyl adjacent to an activating group) is 1. The molecule has 0 N–H and O–H groups in total. The fraction of sp³-hybridized carbons (Fsp3) is 0.851. The summed E-state index contributed by atoms with van der Waals surface area (Å²) >= 11 is 0. The molecule has 0 bridgehead atoms. The van der Waals surface area contributed by atoms with Gasteiger partial charge in [-0.2, -0.15) is 0 Å². The molecule has 0 aliphatic carbocycles. The summed E-state index contributed by atoms with van der Waals surface area (Å²) in [5.74, 6) is -1.06. The molecule has 0 saturated carbocycles. The second kappa shape index (κ2) is 41.3. The van der Waals surface area contributed by atoms with Crippen LogP contribution in [0.2, 0.25) is 0 Å². The number of hydrogen-bond donors (Lipinski definition) is 0. The van der Waals surface area contributed by atoms with Crippen LogP contribution in [0, 0.1) is 11.8 Å². The van der Waals surface area contributed by atoms with Gasteiger partial charge in [-0.05, 0) is 64.5 Å². The predicted octanol–water partition coefficient (Wildman–Crippen LogP) is 13.1. The van der Waals surface area contributed by atoms with E-state index in [1.165, 1.54) is 77.0 Å². The first-order valence-corrected chi connectivity index (χ1v) is 23.1. The van der Waals surface area contributed by atoms with E-state index >= 15 is 0 Å². The van der Waals surface area contributed by atoms with Crippen molar-refractivity contribution < 1.29 is 33.3 Å². The molecule has 0 radical (unpaired) electrons. The van der Waals surface area contributed by atoms with E-state index in [0.717, 1.165) is 96.6 Å². The van der Waals surface area contributed by atoms with Crippen LogP contribution in [0.15, 0.2) is 24.3 Å². The van der Waals surface area contributed by atoms with Gasteiger partial charge in [0, 0.05) is 13.0 Å². The van der Waals surface area contributed by atoms with E-state index in [1.54, 1.807) is 0 Å². The van der Waals surface area contributed by atoms with Crippen molar-refractivity contribution in [1.82, 2.24) is 4.90 Å². The zero-order valence-electron chi connectivity index (χ0n) is 36.6. The van der Waals surface area contributed by atoms with E-state index in [0.29, 0.717) is 13.0 Å². The van der Waals surface area contributed by atoms with Gasteiger partial charge < -0.3 is 23.8 Å². The Bertz CT molecular complexity index is 932. The van der Waals surface area contributed by atoms with E-state index in [2.05, 4.69) is 63.8 Å². The molecule has 0 fully saturated rings. The molecule has 0 amide bonds. The maximum atomic E-state index is 13.4. The Morgan fingerprint density at radius 2 is 0.982 bits per heavy atom. The standard InChI is InChI=1S/C47H87NO7/c1-6-11-14-17-19-20-21-22-23-24-25-26-28-31-34-37-45(49)53-40-43(42-55-47(51)52-39-38-48(9-4)10-5)41-54-46(50)44(35-32-29-16-13-8-3)36-33-30-27-18-15-12-7-2/h19-20,22-23,43-44H,6-18,21,24-42H2,1-5H3/b20-19-,23-22-. The maximum absolute atomic E-state index is 13.4. The summed E-state index contributed by atoms with van der Waals surface area (Å²) in [5.41, 5.74) is 0. The van der Waals surface area contributed by atoms with Crippen LogP contribution in [0.1, 0.15) is 202 Å². The molecule has 0 heterocycles. The topological polar surface area (TPSA) is 91.4 Å². The Morgan fingerprint density at radius 1 is 0.509 bits per heavy atom. The molecule has 2 atom stereocenters. The van der Waals surface area contributed by atoms with Gasteiger partial charge >= 0.3 is 18.1 Å². The molecule has 0 aliphatic heterocycles. The Balaban J connectivity index is 4.86. The quantitative estimate of drug-likeness (QED) is 0.0263. The average Bonchev–Trinajstić information content (AvgIpc) is 3.19. The summed E-state index contributed by atoms with van der Waals surface area (Å²) in [6, 6.07) is 0. The number of ether oxygens (including phenoxy) is 4. The van der Waals surface area contributed by atoms with Gasteiger partial charge in [-0.1, -0.05) is 168 Å². The van der Waals surface area contributed by atoms with E-state index in [4.69, 9.17) is 18.9 Å². The van der Waals surface area contributed by atoms with Crippen molar-refractivity contribution in [3.63, 3.8) is 0 Å². The second-order valence-electron chi connectivity index (χ2n) is 15.4. The zero-order valence-corrected chi connectivity index (χ0v) is 36.6. The normalized spacial score (nSPS) is 12.8. The molecular weight excluding hydrogens is 691 g/mol. The number of rotatable bonds is 40. The van der Waals surface area contributed by atoms with Crippen molar-refractivity contribution in [3.05, 3.63) is 24.3 Å².